The van der Waals surface area contributed by atoms with E-state index in [1.807, 2.05) is 0 Å². The summed E-state index contributed by atoms with van der Waals surface area (Å²) in [4.78, 5) is 0. The molecule has 16 heavy (non-hydrogen) atoms. The van der Waals surface area contributed by atoms with E-state index < -0.39 is 0 Å². The van der Waals surface area contributed by atoms with Crippen molar-refractivity contribution in [2.75, 3.05) is 37.1 Å². The van der Waals surface area contributed by atoms with Gasteiger partial charge in [-0.05, 0) is 6.92 Å². The van der Waals surface area contributed by atoms with E-state index in [9.17, 15) is 5.11 Å². The largest absolute Gasteiger partial charge is 0.379 e. The topological polar surface area (TPSA) is 41.5 Å². The zero-order valence-corrected chi connectivity index (χ0v) is 12.0. The van der Waals surface area contributed by atoms with Crippen molar-refractivity contribution in [2.45, 2.75) is 26.8 Å². The average molecular weight is 270 g/mol. The molecule has 0 bridgehead atoms. The Hall–Kier alpha value is 0.390. The Bertz CT molecular complexity index is 206. The van der Waals surface area contributed by atoms with Crippen LogP contribution in [0.5, 0.6) is 0 Å². The molecule has 3 nitrogen and oxygen atoms in total. The lowest BCUT2D eigenvalue weighted by Crippen LogP contribution is -2.27. The number of rotatable bonds is 9. The standard InChI is InChI=1S/C11H24ClNO2S/c1-10(2)13-5-6-15-7-9-16(8-4-12)11(3)14/h10,13-14H,4-9H2,1-3H3. The summed E-state index contributed by atoms with van der Waals surface area (Å²) in [7, 11) is -0.0956. The highest BCUT2D eigenvalue weighted by Gasteiger charge is 1.99. The molecule has 1 unspecified atom stereocenters. The number of nitrogens with one attached hydrogen (secondary N) is 1. The fraction of sp³-hybridized carbons (Fsp3) is 0.909. The first-order valence-electron chi connectivity index (χ1n) is 5.65. The molecule has 1 atom stereocenters. The zero-order chi connectivity index (χ0) is 12.4. The molecule has 0 heterocycles. The molecule has 0 rings (SSSR count). The Morgan fingerprint density at radius 2 is 2.06 bits per heavy atom. The monoisotopic (exact) mass is 269 g/mol. The quantitative estimate of drug-likeness (QED) is 0.383. The normalized spacial score (nSPS) is 14.2. The van der Waals surface area contributed by atoms with E-state index >= 15 is 0 Å². The van der Waals surface area contributed by atoms with Gasteiger partial charge in [-0.3, -0.25) is 0 Å². The molecule has 0 aliphatic heterocycles. The minimum atomic E-state index is -0.0956. The van der Waals surface area contributed by atoms with Crippen LogP contribution in [0.1, 0.15) is 20.8 Å². The van der Waals surface area contributed by atoms with Crippen molar-refractivity contribution in [1.29, 1.82) is 0 Å². The van der Waals surface area contributed by atoms with Crippen LogP contribution in [0.25, 0.3) is 0 Å². The number of aliphatic hydroxyl groups is 1. The van der Waals surface area contributed by atoms with Crippen molar-refractivity contribution >= 4 is 27.1 Å². The van der Waals surface area contributed by atoms with Crippen molar-refractivity contribution in [3.8, 4) is 0 Å². The maximum atomic E-state index is 9.42. The minimum Gasteiger partial charge on any atom is -0.379 e. The molecule has 0 aliphatic rings. The van der Waals surface area contributed by atoms with Gasteiger partial charge in [-0.25, -0.2) is 0 Å². The average Bonchev–Trinajstić information content (AvgIpc) is 2.20. The molecule has 0 aromatic rings. The molecule has 0 aliphatic carbocycles. The zero-order valence-electron chi connectivity index (χ0n) is 10.5. The highest BCUT2D eigenvalue weighted by molar-refractivity contribution is 8.15. The molecular weight excluding hydrogens is 246 g/mol. The van der Waals surface area contributed by atoms with Gasteiger partial charge in [-0.2, -0.15) is 10.5 Å². The fourth-order valence-electron chi connectivity index (χ4n) is 1.17. The van der Waals surface area contributed by atoms with Crippen LogP contribution in [0.4, 0.5) is 0 Å². The Labute approximate surface area is 106 Å². The molecule has 0 amide bonds. The van der Waals surface area contributed by atoms with Gasteiger partial charge in [0.05, 0.1) is 18.3 Å². The second-order valence-corrected chi connectivity index (χ2v) is 6.60. The molecule has 5 heteroatoms. The highest BCUT2D eigenvalue weighted by atomic mass is 35.5. The van der Waals surface area contributed by atoms with Crippen LogP contribution in [-0.4, -0.2) is 53.3 Å². The molecule has 0 spiro atoms. The van der Waals surface area contributed by atoms with E-state index in [4.69, 9.17) is 16.3 Å². The summed E-state index contributed by atoms with van der Waals surface area (Å²) in [5.41, 5.74) is 0. The maximum Gasteiger partial charge on any atom is 0.0693 e. The number of ether oxygens (including phenoxy) is 1. The Morgan fingerprint density at radius 1 is 1.38 bits per heavy atom. The van der Waals surface area contributed by atoms with E-state index in [1.165, 1.54) is 0 Å². The smallest absolute Gasteiger partial charge is 0.0693 e. The lowest BCUT2D eigenvalue weighted by atomic mass is 10.4. The van der Waals surface area contributed by atoms with Crippen LogP contribution in [0.15, 0.2) is 0 Å². The summed E-state index contributed by atoms with van der Waals surface area (Å²) in [5.74, 6) is 2.31. The lowest BCUT2D eigenvalue weighted by molar-refractivity contribution is 0.150. The first-order valence-corrected chi connectivity index (χ1v) is 7.74. The third kappa shape index (κ3) is 9.60. The van der Waals surface area contributed by atoms with Gasteiger partial charge in [0.25, 0.3) is 0 Å². The van der Waals surface area contributed by atoms with Gasteiger partial charge in [0.1, 0.15) is 0 Å². The van der Waals surface area contributed by atoms with Gasteiger partial charge in [0.2, 0.25) is 0 Å². The van der Waals surface area contributed by atoms with Gasteiger partial charge in [-0.1, -0.05) is 13.8 Å². The molecule has 0 saturated carbocycles. The first-order chi connectivity index (χ1) is 7.57. The molecule has 0 aromatic carbocycles. The van der Waals surface area contributed by atoms with E-state index in [-0.39, 0.29) is 10.5 Å². The summed E-state index contributed by atoms with van der Waals surface area (Å²) in [5, 5.41) is 13.2. The van der Waals surface area contributed by atoms with Crippen LogP contribution in [-0.2, 0) is 4.74 Å². The van der Waals surface area contributed by atoms with E-state index in [2.05, 4.69) is 19.2 Å². The van der Waals surface area contributed by atoms with Gasteiger partial charge >= 0.3 is 0 Å². The summed E-state index contributed by atoms with van der Waals surface area (Å²) < 4.78 is 5.49. The summed E-state index contributed by atoms with van der Waals surface area (Å²) >= 11 is 5.67. The molecule has 0 radical (unpaired) electrons. The Kier molecular flexibility index (Phi) is 10.8. The number of alkyl halides is 1. The summed E-state index contributed by atoms with van der Waals surface area (Å²) in [6.07, 6.45) is 0. The van der Waals surface area contributed by atoms with Crippen LogP contribution in [0.3, 0.4) is 0 Å². The summed E-state index contributed by atoms with van der Waals surface area (Å²) in [6.45, 7) is 8.26. The van der Waals surface area contributed by atoms with Crippen molar-refractivity contribution in [3.05, 3.63) is 0 Å². The molecule has 0 fully saturated rings. The van der Waals surface area contributed by atoms with Crippen LogP contribution in [0, 0.1) is 0 Å². The number of halogens is 1. The van der Waals surface area contributed by atoms with Gasteiger partial charge in [0.15, 0.2) is 0 Å². The van der Waals surface area contributed by atoms with E-state index in [1.54, 1.807) is 6.92 Å². The fourth-order valence-corrected chi connectivity index (χ4v) is 3.03. The highest BCUT2D eigenvalue weighted by Crippen LogP contribution is 2.14. The van der Waals surface area contributed by atoms with Crippen LogP contribution >= 0.6 is 22.1 Å². The minimum absolute atomic E-state index is 0.0956. The molecule has 2 N–H and O–H groups in total. The van der Waals surface area contributed by atoms with Gasteiger partial charge in [0, 0.05) is 30.0 Å². The molecular formula is C11H24ClNO2S. The molecule has 0 aromatic heterocycles. The third-order valence-corrected chi connectivity index (χ3v) is 4.62. The van der Waals surface area contributed by atoms with Crippen molar-refractivity contribution in [3.63, 3.8) is 0 Å². The molecule has 98 valence electrons. The number of hydrogen-bond acceptors (Lipinski definition) is 2. The first kappa shape index (κ1) is 16.4. The predicted octanol–water partition coefficient (Wildman–Crippen LogP) is 2.22. The predicted molar refractivity (Wildman–Crippen MR) is 75.3 cm³/mol. The van der Waals surface area contributed by atoms with E-state index in [0.717, 1.165) is 24.7 Å². The van der Waals surface area contributed by atoms with Crippen LogP contribution in [0.2, 0.25) is 0 Å². The van der Waals surface area contributed by atoms with Crippen molar-refractivity contribution in [2.24, 2.45) is 0 Å². The third-order valence-electron chi connectivity index (χ3n) is 2.01. The van der Waals surface area contributed by atoms with E-state index in [0.29, 0.717) is 23.6 Å². The number of hydrogen-bond donors (Lipinski definition) is 2. The maximum absolute atomic E-state index is 9.42. The van der Waals surface area contributed by atoms with Gasteiger partial charge in [-0.15, -0.1) is 11.6 Å². The van der Waals surface area contributed by atoms with Crippen molar-refractivity contribution < 1.29 is 9.84 Å². The SMILES string of the molecule is C/C(O)=S(/CCCl)CCOCCNC(C)C. The Morgan fingerprint density at radius 3 is 2.56 bits per heavy atom. The van der Waals surface area contributed by atoms with Crippen molar-refractivity contribution in [1.82, 2.24) is 5.32 Å². The van der Waals surface area contributed by atoms with Crippen LogP contribution < -0.4 is 5.32 Å². The second kappa shape index (κ2) is 10.5. The van der Waals surface area contributed by atoms with Gasteiger partial charge < -0.3 is 15.2 Å². The second-order valence-electron chi connectivity index (χ2n) is 3.83. The Balaban J connectivity index is 3.53. The lowest BCUT2D eigenvalue weighted by Gasteiger charge is -2.11. The molecule has 0 saturated heterocycles. The summed E-state index contributed by atoms with van der Waals surface area (Å²) in [6, 6.07) is 0.502. The number of aliphatic hydroxyl groups excluding tert-OH is 1.